The number of aromatic nitrogens is 2. The lowest BCUT2D eigenvalue weighted by atomic mass is 10.1. The van der Waals surface area contributed by atoms with Gasteiger partial charge in [0.2, 0.25) is 0 Å². The lowest BCUT2D eigenvalue weighted by molar-refractivity contribution is -0.192. The number of benzene rings is 3. The summed E-state index contributed by atoms with van der Waals surface area (Å²) in [7, 11) is 0. The quantitative estimate of drug-likeness (QED) is 0.228. The molecule has 1 aliphatic carbocycles. The lowest BCUT2D eigenvalue weighted by Crippen LogP contribution is -2.21. The fourth-order valence-corrected chi connectivity index (χ4v) is 4.08. The Bertz CT molecular complexity index is 1440. The van der Waals surface area contributed by atoms with Gasteiger partial charge in [-0.2, -0.15) is 18.3 Å². The van der Waals surface area contributed by atoms with Crippen LogP contribution >= 0.6 is 0 Å². The van der Waals surface area contributed by atoms with Gasteiger partial charge in [0.15, 0.2) is 0 Å². The number of aliphatic carboxylic acids is 1. The van der Waals surface area contributed by atoms with Crippen LogP contribution in [-0.4, -0.2) is 39.0 Å². The number of carboxylic acids is 1. The predicted octanol–water partition coefficient (Wildman–Crippen LogP) is 5.04. The minimum Gasteiger partial charge on any atom is -0.475 e. The molecule has 5 rings (SSSR count). The first kappa shape index (κ1) is 28.4. The molecule has 0 spiro atoms. The van der Waals surface area contributed by atoms with E-state index in [-0.39, 0.29) is 5.91 Å². The molecule has 0 bridgehead atoms. The number of nitrogens with one attached hydrogen (secondary N) is 2. The number of nitrogen functional groups attached to an aromatic ring is 1. The summed E-state index contributed by atoms with van der Waals surface area (Å²) in [5.74, 6) is -2.32. The molecule has 0 aliphatic heterocycles. The summed E-state index contributed by atoms with van der Waals surface area (Å²) in [4.78, 5) is 21.4. The van der Waals surface area contributed by atoms with E-state index in [0.717, 1.165) is 12.1 Å². The molecule has 2 unspecified atom stereocenters. The number of alkyl halides is 3. The summed E-state index contributed by atoms with van der Waals surface area (Å²) in [5, 5.41) is 18.1. The van der Waals surface area contributed by atoms with Gasteiger partial charge < -0.3 is 21.5 Å². The van der Waals surface area contributed by atoms with Gasteiger partial charge in [0, 0.05) is 35.8 Å². The van der Waals surface area contributed by atoms with E-state index >= 15 is 0 Å². The number of amides is 1. The molecule has 1 fully saturated rings. The van der Waals surface area contributed by atoms with Gasteiger partial charge >= 0.3 is 12.1 Å². The summed E-state index contributed by atoms with van der Waals surface area (Å²) in [6.45, 7) is 1.47. The summed E-state index contributed by atoms with van der Waals surface area (Å²) < 4.78 is 33.7. The zero-order chi connectivity index (χ0) is 28.7. The number of halogens is 3. The molecule has 2 atom stereocenters. The molecule has 0 radical (unpaired) electrons. The number of carbonyl (C=O) groups excluding carboxylic acids is 1. The smallest absolute Gasteiger partial charge is 0.475 e. The van der Waals surface area contributed by atoms with E-state index in [1.165, 1.54) is 17.5 Å². The number of carboxylic acid groups (broad SMARTS) is 1. The van der Waals surface area contributed by atoms with Crippen LogP contribution in [-0.2, 0) is 17.9 Å². The van der Waals surface area contributed by atoms with Crippen LogP contribution in [0.1, 0.15) is 39.4 Å². The van der Waals surface area contributed by atoms with Gasteiger partial charge in [-0.25, -0.2) is 4.79 Å². The highest BCUT2D eigenvalue weighted by Crippen LogP contribution is 2.40. The number of nitrogens with zero attached hydrogens (tertiary/aromatic N) is 2. The number of hydrogen-bond donors (Lipinski definition) is 4. The maximum Gasteiger partial charge on any atom is 0.490 e. The maximum atomic E-state index is 12.5. The molecule has 208 valence electrons. The van der Waals surface area contributed by atoms with E-state index in [1.807, 2.05) is 47.3 Å². The van der Waals surface area contributed by atoms with Crippen LogP contribution < -0.4 is 16.4 Å². The third-order valence-electron chi connectivity index (χ3n) is 6.29. The van der Waals surface area contributed by atoms with Crippen molar-refractivity contribution in [1.29, 1.82) is 0 Å². The Labute approximate surface area is 228 Å². The Morgan fingerprint density at radius 3 is 2.27 bits per heavy atom. The molecule has 1 aliphatic rings. The highest BCUT2D eigenvalue weighted by Gasteiger charge is 2.38. The normalized spacial score (nSPS) is 16.0. The lowest BCUT2D eigenvalue weighted by Gasteiger charge is -2.08. The number of nitrogens with two attached hydrogens (primary N) is 1. The molecule has 11 heteroatoms. The monoisotopic (exact) mass is 551 g/mol. The molecule has 1 amide bonds. The van der Waals surface area contributed by atoms with Crippen LogP contribution in [0.2, 0.25) is 0 Å². The van der Waals surface area contributed by atoms with Gasteiger partial charge in [-0.1, -0.05) is 54.6 Å². The largest absolute Gasteiger partial charge is 0.490 e. The van der Waals surface area contributed by atoms with Crippen molar-refractivity contribution in [1.82, 2.24) is 15.1 Å². The van der Waals surface area contributed by atoms with E-state index in [9.17, 15) is 18.0 Å². The third kappa shape index (κ3) is 7.93. The maximum absolute atomic E-state index is 12.5. The van der Waals surface area contributed by atoms with Crippen molar-refractivity contribution >= 4 is 23.3 Å². The molecule has 40 heavy (non-hydrogen) atoms. The Morgan fingerprint density at radius 1 is 0.975 bits per heavy atom. The average molecular weight is 552 g/mol. The Balaban J connectivity index is 0.000000470. The molecule has 4 aromatic rings. The Kier molecular flexibility index (Phi) is 8.85. The first-order valence-electron chi connectivity index (χ1n) is 12.4. The molecule has 0 saturated heterocycles. The van der Waals surface area contributed by atoms with Crippen molar-refractivity contribution in [2.75, 3.05) is 11.1 Å². The average Bonchev–Trinajstić information content (AvgIpc) is 3.58. The molecule has 1 heterocycles. The second kappa shape index (κ2) is 12.5. The summed E-state index contributed by atoms with van der Waals surface area (Å²) in [6, 6.07) is 26.0. The van der Waals surface area contributed by atoms with Crippen LogP contribution in [0.5, 0.6) is 0 Å². The number of para-hydroxylation sites is 2. The van der Waals surface area contributed by atoms with Gasteiger partial charge in [0.05, 0.1) is 24.1 Å². The first-order chi connectivity index (χ1) is 19.1. The van der Waals surface area contributed by atoms with E-state index in [1.54, 1.807) is 12.1 Å². The highest BCUT2D eigenvalue weighted by molar-refractivity contribution is 6.05. The van der Waals surface area contributed by atoms with Gasteiger partial charge in [-0.3, -0.25) is 9.48 Å². The van der Waals surface area contributed by atoms with Gasteiger partial charge in [0.25, 0.3) is 5.91 Å². The van der Waals surface area contributed by atoms with E-state index in [2.05, 4.69) is 52.3 Å². The minimum atomic E-state index is -5.08. The minimum absolute atomic E-state index is 0.180. The molecule has 8 nitrogen and oxygen atoms in total. The number of rotatable bonds is 8. The van der Waals surface area contributed by atoms with E-state index in [4.69, 9.17) is 15.6 Å². The second-order valence-corrected chi connectivity index (χ2v) is 9.33. The molecule has 5 N–H and O–H groups in total. The topological polar surface area (TPSA) is 122 Å². The van der Waals surface area contributed by atoms with Gasteiger partial charge in [-0.15, -0.1) is 0 Å². The number of hydrogen-bond acceptors (Lipinski definition) is 5. The van der Waals surface area contributed by atoms with Crippen LogP contribution in [0.3, 0.4) is 0 Å². The van der Waals surface area contributed by atoms with Crippen molar-refractivity contribution < 1.29 is 27.9 Å². The van der Waals surface area contributed by atoms with Gasteiger partial charge in [0.1, 0.15) is 0 Å². The predicted molar refractivity (Wildman–Crippen MR) is 145 cm³/mol. The molecule has 3 aromatic carbocycles. The standard InChI is InChI=1S/C27H27N5O.C2HF3O2/c28-24-8-4-5-9-25(24)31-27(33)22-12-10-19(11-13-22)17-32-18-20(16-30-32)15-29-26-14-23(26)21-6-2-1-3-7-21;3-2(4,5)1(6)7/h1-13,16,18,23,26,29H,14-15,17,28H2,(H,31,33);(H,6,7). The zero-order valence-electron chi connectivity index (χ0n) is 21.3. The Morgan fingerprint density at radius 2 is 1.62 bits per heavy atom. The molecular weight excluding hydrogens is 523 g/mol. The van der Waals surface area contributed by atoms with E-state index < -0.39 is 12.1 Å². The highest BCUT2D eigenvalue weighted by atomic mass is 19.4. The molecule has 1 aromatic heterocycles. The molecule has 1 saturated carbocycles. The van der Waals surface area contributed by atoms with Crippen LogP contribution in [0.25, 0.3) is 0 Å². The molecular formula is C29H28F3N5O3. The van der Waals surface area contributed by atoms with Crippen molar-refractivity contribution in [2.24, 2.45) is 0 Å². The summed E-state index contributed by atoms with van der Waals surface area (Å²) in [6.07, 6.45) is 0.0969. The van der Waals surface area contributed by atoms with Crippen LogP contribution in [0.4, 0.5) is 24.5 Å². The fourth-order valence-electron chi connectivity index (χ4n) is 4.08. The zero-order valence-corrected chi connectivity index (χ0v) is 21.3. The van der Waals surface area contributed by atoms with Crippen molar-refractivity contribution in [3.8, 4) is 0 Å². The van der Waals surface area contributed by atoms with Crippen LogP contribution in [0.15, 0.2) is 91.3 Å². The fraction of sp³-hybridized carbons (Fsp3) is 0.207. The van der Waals surface area contributed by atoms with Crippen LogP contribution in [0, 0.1) is 0 Å². The first-order valence-corrected chi connectivity index (χ1v) is 12.4. The third-order valence-corrected chi connectivity index (χ3v) is 6.29. The number of anilines is 2. The van der Waals surface area contributed by atoms with Crippen molar-refractivity contribution in [3.63, 3.8) is 0 Å². The SMILES string of the molecule is Nc1ccccc1NC(=O)c1ccc(Cn2cc(CNC3CC3c3ccccc3)cn2)cc1.O=C(O)C(F)(F)F. The summed E-state index contributed by atoms with van der Waals surface area (Å²) in [5.41, 5.74) is 11.3. The van der Waals surface area contributed by atoms with E-state index in [0.29, 0.717) is 35.4 Å². The van der Waals surface area contributed by atoms with Crippen molar-refractivity contribution in [2.45, 2.75) is 37.6 Å². The summed E-state index contributed by atoms with van der Waals surface area (Å²) >= 11 is 0. The Hall–Kier alpha value is -4.64. The van der Waals surface area contributed by atoms with Gasteiger partial charge in [-0.05, 0) is 41.8 Å². The van der Waals surface area contributed by atoms with Crippen molar-refractivity contribution in [3.05, 3.63) is 114 Å². The second-order valence-electron chi connectivity index (χ2n) is 9.33. The number of carbonyl (C=O) groups is 2.